The molecule has 0 atom stereocenters. The fourth-order valence-electron chi connectivity index (χ4n) is 2.10. The zero-order valence-electron chi connectivity index (χ0n) is 10.9. The first kappa shape index (κ1) is 14.7. The summed E-state index contributed by atoms with van der Waals surface area (Å²) in [4.78, 5) is 13.9. The molecule has 8 heteroatoms. The molecule has 2 rings (SSSR count). The summed E-state index contributed by atoms with van der Waals surface area (Å²) in [6, 6.07) is 5.00. The predicted octanol–water partition coefficient (Wildman–Crippen LogP) is 1.37. The largest absolute Gasteiger partial charge is 0.370 e. The van der Waals surface area contributed by atoms with Gasteiger partial charge >= 0.3 is 0 Å². The Kier molecular flexibility index (Phi) is 3.96. The lowest BCUT2D eigenvalue weighted by Crippen LogP contribution is -2.11. The summed E-state index contributed by atoms with van der Waals surface area (Å²) in [5.41, 5.74) is 6.31. The number of hydrogen-bond acceptors (Lipinski definition) is 4. The number of fused-ring (bicyclic) bond motifs is 1. The number of aromatic nitrogens is 2. The number of H-pyrrole nitrogens is 1. The van der Waals surface area contributed by atoms with Crippen molar-refractivity contribution in [3.63, 3.8) is 0 Å². The quantitative estimate of drug-likeness (QED) is 0.814. The number of rotatable bonds is 5. The van der Waals surface area contributed by atoms with Crippen LogP contribution in [0, 0.1) is 4.77 Å². The van der Waals surface area contributed by atoms with Crippen molar-refractivity contribution in [2.75, 3.05) is 6.26 Å². The number of nitrogens with one attached hydrogen (secondary N) is 1. The molecule has 0 bridgehead atoms. The van der Waals surface area contributed by atoms with Crippen molar-refractivity contribution in [3.05, 3.63) is 23.0 Å². The molecule has 0 saturated carbocycles. The summed E-state index contributed by atoms with van der Waals surface area (Å²) in [6.45, 7) is 0.509. The van der Waals surface area contributed by atoms with Gasteiger partial charge in [0.15, 0.2) is 14.6 Å². The van der Waals surface area contributed by atoms with E-state index in [2.05, 4.69) is 4.98 Å². The van der Waals surface area contributed by atoms with Crippen molar-refractivity contribution in [2.45, 2.75) is 24.3 Å². The smallest absolute Gasteiger partial charge is 0.217 e. The minimum absolute atomic E-state index is 0.217. The molecule has 0 saturated heterocycles. The van der Waals surface area contributed by atoms with E-state index in [-0.39, 0.29) is 17.2 Å². The standard InChI is InChI=1S/C12H15N3O3S2/c1-20(17,18)9-5-2-4-8-11(9)14-12(19)15(8)7-3-6-10(13)16/h2,4-5H,3,6-7H2,1H3,(H2,13,16)(H,14,19). The molecular weight excluding hydrogens is 298 g/mol. The van der Waals surface area contributed by atoms with Crippen LogP contribution in [0.5, 0.6) is 0 Å². The number of amides is 1. The van der Waals surface area contributed by atoms with E-state index < -0.39 is 9.84 Å². The lowest BCUT2D eigenvalue weighted by atomic mass is 10.3. The normalized spacial score (nSPS) is 11.8. The number of imidazole rings is 1. The number of para-hydroxylation sites is 1. The highest BCUT2D eigenvalue weighted by Gasteiger charge is 2.15. The number of nitrogens with two attached hydrogens (primary N) is 1. The van der Waals surface area contributed by atoms with Crippen LogP contribution in [-0.4, -0.2) is 30.1 Å². The summed E-state index contributed by atoms with van der Waals surface area (Å²) in [6.07, 6.45) is 1.98. The van der Waals surface area contributed by atoms with Crippen LogP contribution < -0.4 is 5.73 Å². The lowest BCUT2D eigenvalue weighted by Gasteiger charge is -2.04. The van der Waals surface area contributed by atoms with Crippen LogP contribution in [0.4, 0.5) is 0 Å². The van der Waals surface area contributed by atoms with Gasteiger partial charge in [-0.25, -0.2) is 8.42 Å². The Bertz CT molecular complexity index is 818. The molecule has 6 nitrogen and oxygen atoms in total. The van der Waals surface area contributed by atoms with E-state index >= 15 is 0 Å². The van der Waals surface area contributed by atoms with Crippen LogP contribution in [0.1, 0.15) is 12.8 Å². The molecule has 0 aliphatic carbocycles. The Morgan fingerprint density at radius 1 is 1.45 bits per heavy atom. The summed E-state index contributed by atoms with van der Waals surface area (Å²) in [7, 11) is -3.33. The topological polar surface area (TPSA) is 97.9 Å². The molecule has 0 aliphatic rings. The zero-order valence-corrected chi connectivity index (χ0v) is 12.6. The Hall–Kier alpha value is -1.67. The van der Waals surface area contributed by atoms with Crippen molar-refractivity contribution >= 4 is 39.0 Å². The number of hydrogen-bond donors (Lipinski definition) is 2. The molecule has 0 fully saturated rings. The Morgan fingerprint density at radius 3 is 2.75 bits per heavy atom. The predicted molar refractivity (Wildman–Crippen MR) is 78.7 cm³/mol. The van der Waals surface area contributed by atoms with E-state index in [0.717, 1.165) is 6.26 Å². The van der Waals surface area contributed by atoms with Gasteiger partial charge in [-0.05, 0) is 30.8 Å². The van der Waals surface area contributed by atoms with E-state index in [9.17, 15) is 13.2 Å². The fraction of sp³-hybridized carbons (Fsp3) is 0.333. The van der Waals surface area contributed by atoms with E-state index in [1.165, 1.54) is 6.07 Å². The molecule has 3 N–H and O–H groups in total. The van der Waals surface area contributed by atoms with E-state index in [0.29, 0.717) is 28.8 Å². The van der Waals surface area contributed by atoms with Crippen molar-refractivity contribution < 1.29 is 13.2 Å². The number of aryl methyl sites for hydroxylation is 1. The fourth-order valence-corrected chi connectivity index (χ4v) is 3.24. The molecule has 1 aromatic carbocycles. The summed E-state index contributed by atoms with van der Waals surface area (Å²) >= 11 is 5.21. The molecule has 0 spiro atoms. The molecule has 1 amide bonds. The molecule has 1 heterocycles. The second-order valence-electron chi connectivity index (χ2n) is 4.57. The Balaban J connectivity index is 2.50. The molecule has 0 radical (unpaired) electrons. The van der Waals surface area contributed by atoms with Gasteiger partial charge in [-0.2, -0.15) is 0 Å². The van der Waals surface area contributed by atoms with Gasteiger partial charge in [-0.15, -0.1) is 0 Å². The highest BCUT2D eigenvalue weighted by Crippen LogP contribution is 2.22. The number of nitrogens with zero attached hydrogens (tertiary/aromatic N) is 1. The SMILES string of the molecule is CS(=O)(=O)c1cccc2c1[nH]c(=S)n2CCCC(N)=O. The van der Waals surface area contributed by atoms with Crippen molar-refractivity contribution in [1.29, 1.82) is 0 Å². The maximum absolute atomic E-state index is 11.7. The van der Waals surface area contributed by atoms with Gasteiger partial charge in [0.25, 0.3) is 0 Å². The van der Waals surface area contributed by atoms with Gasteiger partial charge in [0, 0.05) is 19.2 Å². The number of aromatic amines is 1. The van der Waals surface area contributed by atoms with Crippen LogP contribution in [0.3, 0.4) is 0 Å². The number of sulfone groups is 1. The molecule has 2 aromatic rings. The third kappa shape index (κ3) is 2.91. The number of primary amides is 1. The minimum atomic E-state index is -3.33. The summed E-state index contributed by atoms with van der Waals surface area (Å²) in [5.74, 6) is -0.367. The first-order chi connectivity index (χ1) is 9.30. The molecule has 0 aliphatic heterocycles. The molecular formula is C12H15N3O3S2. The molecule has 20 heavy (non-hydrogen) atoms. The zero-order chi connectivity index (χ0) is 14.9. The third-order valence-electron chi connectivity index (χ3n) is 2.98. The first-order valence-electron chi connectivity index (χ1n) is 6.00. The van der Waals surface area contributed by atoms with Crippen molar-refractivity contribution in [2.24, 2.45) is 5.73 Å². The van der Waals surface area contributed by atoms with Crippen LogP contribution in [0.2, 0.25) is 0 Å². The molecule has 1 aromatic heterocycles. The average molecular weight is 313 g/mol. The number of carbonyl (C=O) groups excluding carboxylic acids is 1. The van der Waals surface area contributed by atoms with Crippen LogP contribution in [0.15, 0.2) is 23.1 Å². The van der Waals surface area contributed by atoms with Crippen molar-refractivity contribution in [1.82, 2.24) is 9.55 Å². The van der Waals surface area contributed by atoms with Gasteiger partial charge in [-0.3, -0.25) is 4.79 Å². The van der Waals surface area contributed by atoms with Gasteiger partial charge in [-0.1, -0.05) is 6.07 Å². The van der Waals surface area contributed by atoms with E-state index in [4.69, 9.17) is 18.0 Å². The third-order valence-corrected chi connectivity index (χ3v) is 4.44. The maximum Gasteiger partial charge on any atom is 0.217 e. The molecule has 0 unspecified atom stereocenters. The number of benzene rings is 1. The van der Waals surface area contributed by atoms with Gasteiger partial charge in [0.1, 0.15) is 0 Å². The van der Waals surface area contributed by atoms with Gasteiger partial charge < -0.3 is 15.3 Å². The van der Waals surface area contributed by atoms with Crippen LogP contribution in [-0.2, 0) is 21.2 Å². The highest BCUT2D eigenvalue weighted by molar-refractivity contribution is 7.91. The van der Waals surface area contributed by atoms with Gasteiger partial charge in [0.05, 0.1) is 15.9 Å². The van der Waals surface area contributed by atoms with Crippen LogP contribution >= 0.6 is 12.2 Å². The highest BCUT2D eigenvalue weighted by atomic mass is 32.2. The molecule has 108 valence electrons. The van der Waals surface area contributed by atoms with E-state index in [1.54, 1.807) is 16.7 Å². The Labute approximate surface area is 121 Å². The van der Waals surface area contributed by atoms with Gasteiger partial charge in [0.2, 0.25) is 5.91 Å². The van der Waals surface area contributed by atoms with Crippen LogP contribution in [0.25, 0.3) is 11.0 Å². The summed E-state index contributed by atoms with van der Waals surface area (Å²) < 4.78 is 25.7. The first-order valence-corrected chi connectivity index (χ1v) is 8.30. The summed E-state index contributed by atoms with van der Waals surface area (Å²) in [5, 5.41) is 0. The monoisotopic (exact) mass is 313 g/mol. The average Bonchev–Trinajstić information content (AvgIpc) is 2.64. The minimum Gasteiger partial charge on any atom is -0.370 e. The van der Waals surface area contributed by atoms with Crippen molar-refractivity contribution in [3.8, 4) is 0 Å². The second-order valence-corrected chi connectivity index (χ2v) is 6.94. The number of carbonyl (C=O) groups is 1. The second kappa shape index (κ2) is 5.37. The Morgan fingerprint density at radius 2 is 2.15 bits per heavy atom. The lowest BCUT2D eigenvalue weighted by molar-refractivity contribution is -0.118. The maximum atomic E-state index is 11.7. The van der Waals surface area contributed by atoms with E-state index in [1.807, 2.05) is 0 Å².